The largest absolute Gasteiger partial charge is 0.378 e. The van der Waals surface area contributed by atoms with Crippen LogP contribution in [0.4, 0.5) is 5.69 Å². The third-order valence-electron chi connectivity index (χ3n) is 2.98. The van der Waals surface area contributed by atoms with Crippen molar-refractivity contribution >= 4 is 41.0 Å². The maximum Gasteiger partial charge on any atom is 0.271 e. The zero-order valence-corrected chi connectivity index (χ0v) is 13.7. The van der Waals surface area contributed by atoms with E-state index < -0.39 is 0 Å². The van der Waals surface area contributed by atoms with Crippen LogP contribution in [-0.4, -0.2) is 26.2 Å². The molecule has 0 saturated carbocycles. The van der Waals surface area contributed by atoms with E-state index in [0.717, 1.165) is 5.69 Å². The maximum absolute atomic E-state index is 12.0. The molecule has 0 saturated heterocycles. The molecule has 0 aromatic heterocycles. The molecule has 0 aliphatic carbocycles. The summed E-state index contributed by atoms with van der Waals surface area (Å²) in [6.45, 7) is 0. The molecule has 2 aromatic rings. The van der Waals surface area contributed by atoms with Crippen LogP contribution in [0.1, 0.15) is 15.9 Å². The Morgan fingerprint density at radius 1 is 1.14 bits per heavy atom. The van der Waals surface area contributed by atoms with Crippen molar-refractivity contribution in [3.63, 3.8) is 0 Å². The highest BCUT2D eigenvalue weighted by Crippen LogP contribution is 2.19. The van der Waals surface area contributed by atoms with Crippen molar-refractivity contribution in [1.82, 2.24) is 5.43 Å². The quantitative estimate of drug-likeness (QED) is 0.681. The molecule has 6 heteroatoms. The zero-order valence-electron chi connectivity index (χ0n) is 12.2. The predicted molar refractivity (Wildman–Crippen MR) is 92.3 cm³/mol. The van der Waals surface area contributed by atoms with Crippen LogP contribution in [0.15, 0.2) is 47.6 Å². The molecule has 0 bridgehead atoms. The number of nitrogens with zero attached hydrogens (tertiary/aromatic N) is 2. The Balaban J connectivity index is 2.01. The van der Waals surface area contributed by atoms with Crippen molar-refractivity contribution in [2.75, 3.05) is 19.0 Å². The number of hydrogen-bond acceptors (Lipinski definition) is 3. The molecule has 22 heavy (non-hydrogen) atoms. The van der Waals surface area contributed by atoms with E-state index >= 15 is 0 Å². The summed E-state index contributed by atoms with van der Waals surface area (Å²) < 4.78 is 0. The van der Waals surface area contributed by atoms with E-state index in [4.69, 9.17) is 23.2 Å². The fourth-order valence-corrected chi connectivity index (χ4v) is 2.20. The lowest BCUT2D eigenvalue weighted by Crippen LogP contribution is -2.18. The van der Waals surface area contributed by atoms with Gasteiger partial charge in [0.05, 0.1) is 11.2 Å². The summed E-state index contributed by atoms with van der Waals surface area (Å²) in [7, 11) is 3.88. The summed E-state index contributed by atoms with van der Waals surface area (Å²) in [4.78, 5) is 13.9. The first-order valence-corrected chi connectivity index (χ1v) is 7.29. The van der Waals surface area contributed by atoms with E-state index in [0.29, 0.717) is 21.2 Å². The molecule has 2 rings (SSSR count). The number of halogens is 2. The first-order chi connectivity index (χ1) is 10.5. The molecule has 0 aliphatic rings. The summed E-state index contributed by atoms with van der Waals surface area (Å²) >= 11 is 11.8. The monoisotopic (exact) mass is 335 g/mol. The number of amides is 1. The zero-order chi connectivity index (χ0) is 16.1. The number of hydrazone groups is 1. The van der Waals surface area contributed by atoms with Gasteiger partial charge in [0.15, 0.2) is 0 Å². The Morgan fingerprint density at radius 2 is 1.82 bits per heavy atom. The van der Waals surface area contributed by atoms with Gasteiger partial charge in [-0.2, -0.15) is 5.10 Å². The minimum atomic E-state index is -0.286. The van der Waals surface area contributed by atoms with Gasteiger partial charge in [0, 0.05) is 35.9 Å². The number of carbonyl (C=O) groups excluding carboxylic acids is 1. The highest BCUT2D eigenvalue weighted by Gasteiger charge is 2.05. The second kappa shape index (κ2) is 7.29. The second-order valence-corrected chi connectivity index (χ2v) is 5.65. The Bertz CT molecular complexity index is 697. The molecule has 0 heterocycles. The van der Waals surface area contributed by atoms with Gasteiger partial charge >= 0.3 is 0 Å². The van der Waals surface area contributed by atoms with Crippen LogP contribution >= 0.6 is 23.2 Å². The Morgan fingerprint density at radius 3 is 2.41 bits per heavy atom. The first kappa shape index (κ1) is 16.3. The van der Waals surface area contributed by atoms with Gasteiger partial charge in [0.2, 0.25) is 0 Å². The average molecular weight is 336 g/mol. The van der Waals surface area contributed by atoms with E-state index in [2.05, 4.69) is 10.5 Å². The van der Waals surface area contributed by atoms with Crippen molar-refractivity contribution in [2.45, 2.75) is 0 Å². The standard InChI is InChI=1S/C16H15Cl2N3O/c1-21(2)14-7-4-11(5-8-14)16(22)20-19-10-12-3-6-13(17)9-15(12)18/h3-10H,1-2H3,(H,20,22)/b19-10+. The van der Waals surface area contributed by atoms with Crippen LogP contribution < -0.4 is 10.3 Å². The van der Waals surface area contributed by atoms with E-state index in [1.54, 1.807) is 30.3 Å². The normalized spacial score (nSPS) is 10.7. The number of benzene rings is 2. The van der Waals surface area contributed by atoms with Crippen molar-refractivity contribution in [2.24, 2.45) is 5.10 Å². The summed E-state index contributed by atoms with van der Waals surface area (Å²) in [5.74, 6) is -0.286. The van der Waals surface area contributed by atoms with Gasteiger partial charge in [-0.1, -0.05) is 29.3 Å². The smallest absolute Gasteiger partial charge is 0.271 e. The first-order valence-electron chi connectivity index (χ1n) is 6.53. The molecule has 0 unspecified atom stereocenters. The fourth-order valence-electron chi connectivity index (χ4n) is 1.74. The van der Waals surface area contributed by atoms with Crippen LogP contribution in [0.2, 0.25) is 10.0 Å². The molecular formula is C16H15Cl2N3O. The van der Waals surface area contributed by atoms with E-state index in [1.165, 1.54) is 6.21 Å². The molecule has 0 aliphatic heterocycles. The minimum absolute atomic E-state index is 0.286. The summed E-state index contributed by atoms with van der Waals surface area (Å²) in [5.41, 5.74) is 4.69. The summed E-state index contributed by atoms with van der Waals surface area (Å²) in [5, 5.41) is 4.92. The van der Waals surface area contributed by atoms with E-state index in [9.17, 15) is 4.79 Å². The van der Waals surface area contributed by atoms with Gasteiger partial charge in [-0.3, -0.25) is 4.79 Å². The number of nitrogens with one attached hydrogen (secondary N) is 1. The molecule has 0 fully saturated rings. The van der Waals surface area contributed by atoms with Gasteiger partial charge < -0.3 is 4.90 Å². The molecule has 2 aromatic carbocycles. The van der Waals surface area contributed by atoms with Gasteiger partial charge in [-0.25, -0.2) is 5.43 Å². The van der Waals surface area contributed by atoms with E-state index in [-0.39, 0.29) is 5.91 Å². The SMILES string of the molecule is CN(C)c1ccc(C(=O)N/N=C/c2ccc(Cl)cc2Cl)cc1. The molecular weight excluding hydrogens is 321 g/mol. The molecule has 0 spiro atoms. The molecule has 0 atom stereocenters. The number of carbonyl (C=O) groups is 1. The van der Waals surface area contributed by atoms with Crippen molar-refractivity contribution in [3.8, 4) is 0 Å². The molecule has 1 amide bonds. The Hall–Kier alpha value is -2.04. The third kappa shape index (κ3) is 4.23. The second-order valence-electron chi connectivity index (χ2n) is 4.81. The molecule has 1 N–H and O–H groups in total. The lowest BCUT2D eigenvalue weighted by atomic mass is 10.2. The van der Waals surface area contributed by atoms with Crippen molar-refractivity contribution in [3.05, 3.63) is 63.6 Å². The number of anilines is 1. The number of rotatable bonds is 4. The average Bonchev–Trinajstić information content (AvgIpc) is 2.49. The van der Waals surface area contributed by atoms with Gasteiger partial charge in [0.25, 0.3) is 5.91 Å². The van der Waals surface area contributed by atoms with Gasteiger partial charge in [-0.15, -0.1) is 0 Å². The lowest BCUT2D eigenvalue weighted by molar-refractivity contribution is 0.0955. The summed E-state index contributed by atoms with van der Waals surface area (Å²) in [6, 6.07) is 12.3. The minimum Gasteiger partial charge on any atom is -0.378 e. The highest BCUT2D eigenvalue weighted by atomic mass is 35.5. The van der Waals surface area contributed by atoms with Crippen LogP contribution in [0, 0.1) is 0 Å². The molecule has 0 radical (unpaired) electrons. The van der Waals surface area contributed by atoms with Crippen LogP contribution in [0.3, 0.4) is 0 Å². The van der Waals surface area contributed by atoms with Gasteiger partial charge in [-0.05, 0) is 36.4 Å². The van der Waals surface area contributed by atoms with Crippen molar-refractivity contribution in [1.29, 1.82) is 0 Å². The number of hydrogen-bond donors (Lipinski definition) is 1. The summed E-state index contributed by atoms with van der Waals surface area (Å²) in [6.07, 6.45) is 1.48. The maximum atomic E-state index is 12.0. The van der Waals surface area contributed by atoms with Crippen LogP contribution in [0.5, 0.6) is 0 Å². The highest BCUT2D eigenvalue weighted by molar-refractivity contribution is 6.36. The molecule has 4 nitrogen and oxygen atoms in total. The molecule has 114 valence electrons. The fraction of sp³-hybridized carbons (Fsp3) is 0.125. The van der Waals surface area contributed by atoms with Crippen molar-refractivity contribution < 1.29 is 4.79 Å². The van der Waals surface area contributed by atoms with E-state index in [1.807, 2.05) is 31.1 Å². The lowest BCUT2D eigenvalue weighted by Gasteiger charge is -2.12. The van der Waals surface area contributed by atoms with Gasteiger partial charge in [0.1, 0.15) is 0 Å². The Kier molecular flexibility index (Phi) is 5.41. The van der Waals surface area contributed by atoms with Crippen LogP contribution in [-0.2, 0) is 0 Å². The predicted octanol–water partition coefficient (Wildman–Crippen LogP) is 3.82. The Labute approximate surface area is 139 Å². The van der Waals surface area contributed by atoms with Crippen LogP contribution in [0.25, 0.3) is 0 Å². The third-order valence-corrected chi connectivity index (χ3v) is 3.54. The topological polar surface area (TPSA) is 44.7 Å².